The zero-order valence-corrected chi connectivity index (χ0v) is 25.6. The van der Waals surface area contributed by atoms with Crippen LogP contribution in [0.25, 0.3) is 0 Å². The van der Waals surface area contributed by atoms with Gasteiger partial charge in [-0.25, -0.2) is 0 Å². The van der Waals surface area contributed by atoms with Crippen LogP contribution in [0.4, 0.5) is 0 Å². The molecule has 192 valence electrons. The van der Waals surface area contributed by atoms with Crippen molar-refractivity contribution in [2.45, 2.75) is 70.9 Å². The number of hydrogen-bond acceptors (Lipinski definition) is 0. The molecule has 0 aromatic heterocycles. The number of rotatable bonds is 5. The van der Waals surface area contributed by atoms with Crippen molar-refractivity contribution in [3.8, 4) is 0 Å². The number of halogens is 1. The topological polar surface area (TPSA) is 0 Å². The Hall–Kier alpha value is -2.21. The summed E-state index contributed by atoms with van der Waals surface area (Å²) in [4.78, 5) is 0. The first-order valence-corrected chi connectivity index (χ1v) is 17.9. The minimum absolute atomic E-state index is 0.169. The molecule has 1 aliphatic rings. The molecular weight excluding hydrogens is 531 g/mol. The second-order valence-corrected chi connectivity index (χ2v) is 21.2. The van der Waals surface area contributed by atoms with Crippen LogP contribution in [0.15, 0.2) is 103 Å². The summed E-state index contributed by atoms with van der Waals surface area (Å²) in [6.07, 6.45) is 2.45. The molecule has 4 aromatic carbocycles. The molecule has 0 radical (unpaired) electrons. The van der Waals surface area contributed by atoms with Crippen molar-refractivity contribution in [1.82, 2.24) is 0 Å². The van der Waals surface area contributed by atoms with Crippen LogP contribution in [0.5, 0.6) is 0 Å². The summed E-state index contributed by atoms with van der Waals surface area (Å²) in [5.74, 6) is 0. The van der Waals surface area contributed by atoms with Gasteiger partial charge in [-0.15, -0.1) is 0 Å². The fourth-order valence-electron chi connectivity index (χ4n) is 6.73. The van der Waals surface area contributed by atoms with Gasteiger partial charge in [0.05, 0.1) is 0 Å². The van der Waals surface area contributed by atoms with Crippen molar-refractivity contribution in [2.24, 2.45) is 0 Å². The molecule has 0 spiro atoms. The van der Waals surface area contributed by atoms with E-state index in [0.717, 1.165) is 0 Å². The number of benzene rings is 4. The molecule has 1 aliphatic carbocycles. The predicted molar refractivity (Wildman–Crippen MR) is 169 cm³/mol. The van der Waals surface area contributed by atoms with Crippen LogP contribution < -0.4 is 15.9 Å². The Morgan fingerprint density at radius 2 is 0.973 bits per heavy atom. The third kappa shape index (κ3) is 3.97. The Kier molecular flexibility index (Phi) is 6.57. The van der Waals surface area contributed by atoms with Gasteiger partial charge >= 0.3 is 233 Å². The zero-order valence-electron chi connectivity index (χ0n) is 23.1. The van der Waals surface area contributed by atoms with E-state index in [1.807, 2.05) is 0 Å². The van der Waals surface area contributed by atoms with Gasteiger partial charge in [0, 0.05) is 0 Å². The van der Waals surface area contributed by atoms with Crippen LogP contribution >= 0.6 is 20.8 Å². The molecule has 0 nitrogen and oxygen atoms in total. The summed E-state index contributed by atoms with van der Waals surface area (Å²) in [6.45, 7) is 14.5. The first kappa shape index (κ1) is 26.4. The van der Waals surface area contributed by atoms with E-state index < -0.39 is 5.31 Å². The Balaban J connectivity index is 1.89. The second kappa shape index (κ2) is 9.21. The third-order valence-corrected chi connectivity index (χ3v) is 20.4. The van der Waals surface area contributed by atoms with Crippen molar-refractivity contribution in [3.63, 3.8) is 0 Å². The van der Waals surface area contributed by atoms with E-state index in [-0.39, 0.29) is 16.5 Å². The summed E-state index contributed by atoms with van der Waals surface area (Å²) in [6, 6.07) is 38.7. The van der Waals surface area contributed by atoms with Crippen molar-refractivity contribution in [2.75, 3.05) is 0 Å². The van der Waals surface area contributed by atoms with Gasteiger partial charge in [0.2, 0.25) is 0 Å². The minimum atomic E-state index is -3.14. The monoisotopic (exact) mass is 570 g/mol. The Morgan fingerprint density at radius 3 is 1.35 bits per heavy atom. The summed E-state index contributed by atoms with van der Waals surface area (Å²) < 4.78 is 0. The molecule has 1 atom stereocenters. The van der Waals surface area contributed by atoms with Crippen LogP contribution in [0.3, 0.4) is 0 Å². The van der Waals surface area contributed by atoms with Crippen LogP contribution in [0.2, 0.25) is 0 Å². The summed E-state index contributed by atoms with van der Waals surface area (Å²) in [5.41, 5.74) is 6.51. The molecule has 5 rings (SSSR count). The van der Waals surface area contributed by atoms with E-state index >= 15 is 0 Å². The Labute approximate surface area is 232 Å². The molecule has 0 saturated carbocycles. The van der Waals surface area contributed by atoms with Gasteiger partial charge in [0.25, 0.3) is 0 Å². The SMILES string of the molecule is Cc1cc2c(cc1C(C)P(Br)(c1ccccc1)(c1ccccc1)c1ccccc1)C(C)(C)CCC2(C)C. The predicted octanol–water partition coefficient (Wildman–Crippen LogP) is 9.24. The van der Waals surface area contributed by atoms with Gasteiger partial charge in [-0.2, -0.15) is 0 Å². The van der Waals surface area contributed by atoms with E-state index in [2.05, 4.69) is 145 Å². The molecule has 0 fully saturated rings. The average Bonchev–Trinajstić information content (AvgIpc) is 2.92. The van der Waals surface area contributed by atoms with E-state index in [9.17, 15) is 0 Å². The van der Waals surface area contributed by atoms with Crippen molar-refractivity contribution < 1.29 is 0 Å². The molecule has 0 saturated heterocycles. The van der Waals surface area contributed by atoms with E-state index in [1.165, 1.54) is 51.0 Å². The number of fused-ring (bicyclic) bond motifs is 1. The zero-order chi connectivity index (χ0) is 26.5. The number of aryl methyl sites for hydroxylation is 1. The van der Waals surface area contributed by atoms with Gasteiger partial charge in [0.1, 0.15) is 0 Å². The maximum absolute atomic E-state index is 4.73. The quantitative estimate of drug-likeness (QED) is 0.210. The van der Waals surface area contributed by atoms with Gasteiger partial charge in [-0.3, -0.25) is 0 Å². The van der Waals surface area contributed by atoms with Gasteiger partial charge < -0.3 is 0 Å². The van der Waals surface area contributed by atoms with E-state index in [0.29, 0.717) is 0 Å². The first-order valence-electron chi connectivity index (χ1n) is 13.6. The fraction of sp³-hybridized carbons (Fsp3) is 0.314. The summed E-state index contributed by atoms with van der Waals surface area (Å²) in [5, 5.41) is 0.968. The summed E-state index contributed by atoms with van der Waals surface area (Å²) in [7, 11) is 0. The molecule has 0 aliphatic heterocycles. The molecule has 1 unspecified atom stereocenters. The third-order valence-electron chi connectivity index (χ3n) is 9.20. The van der Waals surface area contributed by atoms with Crippen molar-refractivity contribution >= 4 is 36.7 Å². The number of hydrogen-bond donors (Lipinski definition) is 0. The normalized spacial score (nSPS) is 18.3. The molecule has 0 amide bonds. The molecule has 2 heteroatoms. The fourth-order valence-corrected chi connectivity index (χ4v) is 14.8. The van der Waals surface area contributed by atoms with Crippen molar-refractivity contribution in [1.29, 1.82) is 0 Å². The maximum atomic E-state index is 4.73. The molecule has 0 bridgehead atoms. The van der Waals surface area contributed by atoms with Gasteiger partial charge in [0.15, 0.2) is 0 Å². The van der Waals surface area contributed by atoms with E-state index in [4.69, 9.17) is 15.5 Å². The standard InChI is InChI=1S/C35H40BrP/c1-26-24-32-33(35(5,6)23-22-34(32,3)4)25-31(26)27(2)37(36,28-16-10-7-11-17-28,29-18-12-8-13-19-29)30-20-14-9-15-21-30/h7-21,24-25,27H,22-23H2,1-6H3. The van der Waals surface area contributed by atoms with Gasteiger partial charge in [-0.1, -0.05) is 0 Å². The molecule has 4 aromatic rings. The summed E-state index contributed by atoms with van der Waals surface area (Å²) >= 11 is 4.73. The van der Waals surface area contributed by atoms with E-state index in [1.54, 1.807) is 0 Å². The van der Waals surface area contributed by atoms with Crippen LogP contribution in [-0.2, 0) is 10.8 Å². The molecule has 0 N–H and O–H groups in total. The second-order valence-electron chi connectivity index (χ2n) is 12.3. The van der Waals surface area contributed by atoms with Crippen LogP contribution in [-0.4, -0.2) is 0 Å². The van der Waals surface area contributed by atoms with Crippen LogP contribution in [0.1, 0.15) is 75.4 Å². The molecule has 0 heterocycles. The molecule has 37 heavy (non-hydrogen) atoms. The average molecular weight is 572 g/mol. The molecular formula is C35H40BrP. The Bertz CT molecular complexity index is 1300. The van der Waals surface area contributed by atoms with Gasteiger partial charge in [-0.05, 0) is 0 Å². The Morgan fingerprint density at radius 1 is 0.622 bits per heavy atom. The van der Waals surface area contributed by atoms with Crippen molar-refractivity contribution in [3.05, 3.63) is 125 Å². The first-order chi connectivity index (χ1) is 17.5. The van der Waals surface area contributed by atoms with Crippen LogP contribution in [0, 0.1) is 6.92 Å².